The first kappa shape index (κ1) is 9.52. The Hall–Kier alpha value is -1.70. The van der Waals surface area contributed by atoms with Gasteiger partial charge in [0, 0.05) is 6.20 Å². The fourth-order valence-electron chi connectivity index (χ4n) is 1.31. The molecule has 2 N–H and O–H groups in total. The van der Waals surface area contributed by atoms with E-state index in [1.54, 1.807) is 12.3 Å². The molecule has 7 nitrogen and oxygen atoms in total. The van der Waals surface area contributed by atoms with Crippen molar-refractivity contribution >= 4 is 17.7 Å². The first-order valence-electron chi connectivity index (χ1n) is 4.87. The number of hydrogen-bond donors (Lipinski definition) is 1. The number of nitrogen functional groups attached to an aromatic ring is 1. The minimum absolute atomic E-state index is 0.260. The molecule has 2 heterocycles. The van der Waals surface area contributed by atoms with E-state index in [-0.39, 0.29) is 5.95 Å². The van der Waals surface area contributed by atoms with Gasteiger partial charge < -0.3 is 5.73 Å². The average Bonchev–Trinajstić information content (AvgIpc) is 3.00. The molecule has 0 spiro atoms. The van der Waals surface area contributed by atoms with E-state index in [1.165, 1.54) is 11.8 Å². The van der Waals surface area contributed by atoms with E-state index < -0.39 is 0 Å². The van der Waals surface area contributed by atoms with E-state index in [2.05, 4.69) is 25.5 Å². The highest BCUT2D eigenvalue weighted by Gasteiger charge is 2.28. The predicted octanol–water partition coefficient (Wildman–Crippen LogP) is 0.531. The van der Waals surface area contributed by atoms with E-state index in [1.807, 2.05) is 4.68 Å². The zero-order chi connectivity index (χ0) is 11.0. The molecule has 1 saturated carbocycles. The van der Waals surface area contributed by atoms with Gasteiger partial charge in [0.05, 0.1) is 6.04 Å². The van der Waals surface area contributed by atoms with Crippen LogP contribution in [0.1, 0.15) is 18.9 Å². The maximum atomic E-state index is 5.50. The zero-order valence-corrected chi connectivity index (χ0v) is 9.13. The lowest BCUT2D eigenvalue weighted by atomic mass is 10.7. The van der Waals surface area contributed by atoms with E-state index in [0.29, 0.717) is 6.04 Å². The van der Waals surface area contributed by atoms with Crippen LogP contribution in [0.3, 0.4) is 0 Å². The van der Waals surface area contributed by atoms with Gasteiger partial charge in [0.2, 0.25) is 11.1 Å². The number of aromatic nitrogens is 6. The molecular weight excluding hydrogens is 226 g/mol. The van der Waals surface area contributed by atoms with Crippen LogP contribution in [0.4, 0.5) is 5.95 Å². The smallest absolute Gasteiger partial charge is 0.221 e. The lowest BCUT2D eigenvalue weighted by Crippen LogP contribution is -1.99. The molecule has 0 atom stereocenters. The number of hydrogen-bond acceptors (Lipinski definition) is 7. The number of anilines is 1. The third-order valence-corrected chi connectivity index (χ3v) is 3.09. The van der Waals surface area contributed by atoms with Crippen LogP contribution >= 0.6 is 11.8 Å². The Morgan fingerprint density at radius 2 is 2.31 bits per heavy atom. The van der Waals surface area contributed by atoms with Gasteiger partial charge in [-0.05, 0) is 41.1 Å². The second-order valence-electron chi connectivity index (χ2n) is 3.49. The van der Waals surface area contributed by atoms with Crippen molar-refractivity contribution in [2.24, 2.45) is 0 Å². The molecule has 0 saturated heterocycles. The van der Waals surface area contributed by atoms with Crippen molar-refractivity contribution in [3.63, 3.8) is 0 Å². The number of tetrazole rings is 1. The van der Waals surface area contributed by atoms with Crippen molar-refractivity contribution in [3.05, 3.63) is 12.3 Å². The molecule has 1 fully saturated rings. The summed E-state index contributed by atoms with van der Waals surface area (Å²) < 4.78 is 1.84. The van der Waals surface area contributed by atoms with Crippen LogP contribution in [0.5, 0.6) is 0 Å². The second-order valence-corrected chi connectivity index (χ2v) is 4.48. The molecule has 0 aliphatic heterocycles. The quantitative estimate of drug-likeness (QED) is 0.775. The van der Waals surface area contributed by atoms with E-state index in [9.17, 15) is 0 Å². The summed E-state index contributed by atoms with van der Waals surface area (Å²) in [6.45, 7) is 0. The third-order valence-electron chi connectivity index (χ3n) is 2.20. The highest BCUT2D eigenvalue weighted by molar-refractivity contribution is 7.99. The minimum atomic E-state index is 0.260. The fraction of sp³-hybridized carbons (Fsp3) is 0.375. The van der Waals surface area contributed by atoms with E-state index in [0.717, 1.165) is 23.0 Å². The maximum Gasteiger partial charge on any atom is 0.221 e. The molecule has 0 aromatic carbocycles. The Balaban J connectivity index is 1.85. The summed E-state index contributed by atoms with van der Waals surface area (Å²) in [4.78, 5) is 7.92. The summed E-state index contributed by atoms with van der Waals surface area (Å²) >= 11 is 1.40. The normalized spacial score (nSPS) is 15.2. The van der Waals surface area contributed by atoms with Gasteiger partial charge in [-0.15, -0.1) is 5.10 Å². The van der Waals surface area contributed by atoms with E-state index >= 15 is 0 Å². The Labute approximate surface area is 95.5 Å². The summed E-state index contributed by atoms with van der Waals surface area (Å²) in [7, 11) is 0. The Bertz CT molecular complexity index is 507. The van der Waals surface area contributed by atoms with Gasteiger partial charge in [0.15, 0.2) is 0 Å². The van der Waals surface area contributed by atoms with Crippen LogP contribution in [-0.2, 0) is 0 Å². The van der Waals surface area contributed by atoms with Gasteiger partial charge >= 0.3 is 0 Å². The lowest BCUT2D eigenvalue weighted by Gasteiger charge is -2.01. The summed E-state index contributed by atoms with van der Waals surface area (Å²) in [6.07, 6.45) is 3.91. The van der Waals surface area contributed by atoms with Crippen molar-refractivity contribution in [2.75, 3.05) is 5.73 Å². The van der Waals surface area contributed by atoms with Crippen molar-refractivity contribution in [2.45, 2.75) is 29.1 Å². The second kappa shape index (κ2) is 3.71. The Morgan fingerprint density at radius 3 is 3.06 bits per heavy atom. The lowest BCUT2D eigenvalue weighted by molar-refractivity contribution is 0.565. The fourth-order valence-corrected chi connectivity index (χ4v) is 2.12. The standard InChI is InChI=1S/C8H9N7S/c9-7-10-4-3-6(11-7)16-8-12-13-14-15(8)5-1-2-5/h3-5H,1-2H2,(H2,9,10,11). The van der Waals surface area contributed by atoms with Crippen LogP contribution in [0.2, 0.25) is 0 Å². The van der Waals surface area contributed by atoms with Crippen LogP contribution in [0.25, 0.3) is 0 Å². The first-order valence-corrected chi connectivity index (χ1v) is 5.69. The summed E-state index contributed by atoms with van der Waals surface area (Å²) in [6, 6.07) is 2.24. The zero-order valence-electron chi connectivity index (χ0n) is 8.32. The molecule has 0 radical (unpaired) electrons. The van der Waals surface area contributed by atoms with Crippen LogP contribution in [0, 0.1) is 0 Å². The summed E-state index contributed by atoms with van der Waals surface area (Å²) in [5, 5.41) is 13.1. The summed E-state index contributed by atoms with van der Waals surface area (Å²) in [5.41, 5.74) is 5.50. The number of nitrogens with two attached hydrogens (primary N) is 1. The van der Waals surface area contributed by atoms with Crippen molar-refractivity contribution in [1.29, 1.82) is 0 Å². The highest BCUT2D eigenvalue weighted by atomic mass is 32.2. The molecule has 82 valence electrons. The molecule has 16 heavy (non-hydrogen) atoms. The molecule has 0 unspecified atom stereocenters. The van der Waals surface area contributed by atoms with Gasteiger partial charge in [-0.1, -0.05) is 0 Å². The molecule has 0 bridgehead atoms. The SMILES string of the molecule is Nc1nccc(Sc2nnnn2C2CC2)n1. The van der Waals surface area contributed by atoms with E-state index in [4.69, 9.17) is 5.73 Å². The number of nitrogens with zero attached hydrogens (tertiary/aromatic N) is 6. The van der Waals surface area contributed by atoms with Gasteiger partial charge in [-0.2, -0.15) is 0 Å². The molecule has 2 aromatic heterocycles. The molecular formula is C8H9N7S. The molecule has 0 amide bonds. The monoisotopic (exact) mass is 235 g/mol. The Morgan fingerprint density at radius 1 is 1.44 bits per heavy atom. The molecule has 8 heteroatoms. The molecule has 1 aliphatic rings. The van der Waals surface area contributed by atoms with Crippen molar-refractivity contribution < 1.29 is 0 Å². The van der Waals surface area contributed by atoms with Crippen LogP contribution < -0.4 is 5.73 Å². The maximum absolute atomic E-state index is 5.50. The van der Waals surface area contributed by atoms with Gasteiger partial charge in [-0.25, -0.2) is 14.6 Å². The summed E-state index contributed by atoms with van der Waals surface area (Å²) in [5.74, 6) is 0.260. The predicted molar refractivity (Wildman–Crippen MR) is 56.7 cm³/mol. The number of rotatable bonds is 3. The van der Waals surface area contributed by atoms with Crippen LogP contribution in [0.15, 0.2) is 22.4 Å². The molecule has 1 aliphatic carbocycles. The third kappa shape index (κ3) is 1.83. The Kier molecular flexibility index (Phi) is 2.21. The van der Waals surface area contributed by atoms with Gasteiger partial charge in [-0.3, -0.25) is 0 Å². The topological polar surface area (TPSA) is 95.4 Å². The highest BCUT2D eigenvalue weighted by Crippen LogP contribution is 2.37. The van der Waals surface area contributed by atoms with Crippen molar-refractivity contribution in [3.8, 4) is 0 Å². The average molecular weight is 235 g/mol. The molecule has 2 aromatic rings. The largest absolute Gasteiger partial charge is 0.368 e. The first-order chi connectivity index (χ1) is 7.83. The van der Waals surface area contributed by atoms with Gasteiger partial charge in [0.1, 0.15) is 5.03 Å². The van der Waals surface area contributed by atoms with Gasteiger partial charge in [0.25, 0.3) is 0 Å². The molecule has 3 rings (SSSR count). The van der Waals surface area contributed by atoms with Crippen molar-refractivity contribution in [1.82, 2.24) is 30.2 Å². The minimum Gasteiger partial charge on any atom is -0.368 e. The van der Waals surface area contributed by atoms with Crippen LogP contribution in [-0.4, -0.2) is 30.2 Å².